The molecule has 0 saturated carbocycles. The first-order valence-corrected chi connectivity index (χ1v) is 6.15. The maximum absolute atomic E-state index is 13.8. The number of aliphatic hydroxyl groups excluding tert-OH is 1. The van der Waals surface area contributed by atoms with Crippen LogP contribution in [0.2, 0.25) is 0 Å². The summed E-state index contributed by atoms with van der Waals surface area (Å²) in [4.78, 5) is 0. The summed E-state index contributed by atoms with van der Waals surface area (Å²) < 4.78 is 13.8. The molecule has 0 aliphatic rings. The topological polar surface area (TPSA) is 20.2 Å². The molecule has 0 spiro atoms. The molecule has 2 heteroatoms. The summed E-state index contributed by atoms with van der Waals surface area (Å²) in [6.45, 7) is 3.92. The fourth-order valence-electron chi connectivity index (χ4n) is 2.16. The van der Waals surface area contributed by atoms with Crippen LogP contribution in [-0.4, -0.2) is 5.11 Å². The monoisotopic (exact) mass is 244 g/mol. The van der Waals surface area contributed by atoms with Crippen LogP contribution in [0.4, 0.5) is 4.39 Å². The van der Waals surface area contributed by atoms with Gasteiger partial charge in [-0.15, -0.1) is 0 Å². The molecule has 1 nitrogen and oxygen atoms in total. The van der Waals surface area contributed by atoms with Gasteiger partial charge in [-0.3, -0.25) is 0 Å². The van der Waals surface area contributed by atoms with E-state index in [1.54, 1.807) is 12.1 Å². The van der Waals surface area contributed by atoms with Gasteiger partial charge in [0.2, 0.25) is 0 Å². The van der Waals surface area contributed by atoms with Crippen molar-refractivity contribution in [2.24, 2.45) is 0 Å². The van der Waals surface area contributed by atoms with Gasteiger partial charge in [-0.1, -0.05) is 48.9 Å². The van der Waals surface area contributed by atoms with Crippen molar-refractivity contribution in [3.8, 4) is 0 Å². The number of hydrogen-bond donors (Lipinski definition) is 1. The molecule has 0 amide bonds. The minimum Gasteiger partial charge on any atom is -0.384 e. The Morgan fingerprint density at radius 1 is 1.11 bits per heavy atom. The highest BCUT2D eigenvalue weighted by molar-refractivity contribution is 5.37. The second-order valence-electron chi connectivity index (χ2n) is 4.48. The number of halogens is 1. The van der Waals surface area contributed by atoms with Crippen LogP contribution in [0.15, 0.2) is 42.5 Å². The van der Waals surface area contributed by atoms with Crippen molar-refractivity contribution in [2.75, 3.05) is 0 Å². The number of aliphatic hydroxyl groups is 1. The predicted molar refractivity (Wildman–Crippen MR) is 71.0 cm³/mol. The maximum atomic E-state index is 13.8. The second kappa shape index (κ2) is 5.32. The summed E-state index contributed by atoms with van der Waals surface area (Å²) in [5.74, 6) is -0.362. The van der Waals surface area contributed by atoms with E-state index >= 15 is 0 Å². The lowest BCUT2D eigenvalue weighted by Crippen LogP contribution is -2.06. The summed E-state index contributed by atoms with van der Waals surface area (Å²) in [6.07, 6.45) is -0.0817. The third kappa shape index (κ3) is 2.44. The van der Waals surface area contributed by atoms with Crippen LogP contribution in [0.3, 0.4) is 0 Å². The zero-order chi connectivity index (χ0) is 13.1. The normalized spacial score (nSPS) is 12.4. The number of aryl methyl sites for hydroxylation is 2. The van der Waals surface area contributed by atoms with Gasteiger partial charge in [0, 0.05) is 5.56 Å². The van der Waals surface area contributed by atoms with Crippen molar-refractivity contribution in [1.29, 1.82) is 0 Å². The Morgan fingerprint density at radius 3 is 2.56 bits per heavy atom. The summed E-state index contributed by atoms with van der Waals surface area (Å²) in [5.41, 5.74) is 3.12. The van der Waals surface area contributed by atoms with Crippen LogP contribution < -0.4 is 0 Å². The molecule has 0 fully saturated rings. The lowest BCUT2D eigenvalue weighted by atomic mass is 9.94. The van der Waals surface area contributed by atoms with Crippen molar-refractivity contribution in [3.63, 3.8) is 0 Å². The van der Waals surface area contributed by atoms with Gasteiger partial charge in [0.05, 0.1) is 0 Å². The maximum Gasteiger partial charge on any atom is 0.129 e. The molecule has 0 bridgehead atoms. The van der Waals surface area contributed by atoms with E-state index in [-0.39, 0.29) is 5.82 Å². The van der Waals surface area contributed by atoms with Gasteiger partial charge in [0.25, 0.3) is 0 Å². The van der Waals surface area contributed by atoms with Gasteiger partial charge in [0.15, 0.2) is 0 Å². The molecule has 94 valence electrons. The van der Waals surface area contributed by atoms with Gasteiger partial charge in [0.1, 0.15) is 11.9 Å². The minimum atomic E-state index is -0.902. The molecule has 0 heterocycles. The van der Waals surface area contributed by atoms with Gasteiger partial charge < -0.3 is 5.11 Å². The first kappa shape index (κ1) is 12.8. The van der Waals surface area contributed by atoms with Crippen LogP contribution in [0.5, 0.6) is 0 Å². The van der Waals surface area contributed by atoms with E-state index in [2.05, 4.69) is 0 Å². The molecule has 0 radical (unpaired) electrons. The third-order valence-electron chi connectivity index (χ3n) is 3.18. The molecule has 2 aromatic carbocycles. The number of hydrogen-bond acceptors (Lipinski definition) is 1. The molecule has 18 heavy (non-hydrogen) atoms. The Labute approximate surface area is 107 Å². The highest BCUT2D eigenvalue weighted by Gasteiger charge is 2.17. The molecule has 0 aliphatic carbocycles. The molecule has 0 aromatic heterocycles. The zero-order valence-corrected chi connectivity index (χ0v) is 10.7. The first-order chi connectivity index (χ1) is 8.63. The lowest BCUT2D eigenvalue weighted by molar-refractivity contribution is 0.214. The van der Waals surface area contributed by atoms with Crippen molar-refractivity contribution >= 4 is 0 Å². The smallest absolute Gasteiger partial charge is 0.129 e. The Kier molecular flexibility index (Phi) is 3.78. The fraction of sp³-hybridized carbons (Fsp3) is 0.250. The average Bonchev–Trinajstić information content (AvgIpc) is 2.40. The first-order valence-electron chi connectivity index (χ1n) is 6.15. The second-order valence-corrected chi connectivity index (χ2v) is 4.48. The Balaban J connectivity index is 2.47. The van der Waals surface area contributed by atoms with Crippen LogP contribution in [-0.2, 0) is 6.42 Å². The Morgan fingerprint density at radius 2 is 1.83 bits per heavy atom. The average molecular weight is 244 g/mol. The summed E-state index contributed by atoms with van der Waals surface area (Å²) in [6, 6.07) is 12.4. The number of rotatable bonds is 3. The molecule has 1 atom stereocenters. The van der Waals surface area contributed by atoms with E-state index < -0.39 is 6.10 Å². The van der Waals surface area contributed by atoms with E-state index in [4.69, 9.17) is 0 Å². The van der Waals surface area contributed by atoms with Gasteiger partial charge in [-0.05, 0) is 30.5 Å². The lowest BCUT2D eigenvalue weighted by Gasteiger charge is -2.16. The van der Waals surface area contributed by atoms with E-state index in [9.17, 15) is 9.50 Å². The predicted octanol–water partition coefficient (Wildman–Crippen LogP) is 3.78. The molecule has 2 aromatic rings. The van der Waals surface area contributed by atoms with Gasteiger partial charge >= 0.3 is 0 Å². The summed E-state index contributed by atoms with van der Waals surface area (Å²) in [5, 5.41) is 10.4. The SMILES string of the molecule is CCc1ccccc1C(O)c1cc(C)ccc1F. The standard InChI is InChI=1S/C16H17FO/c1-3-12-6-4-5-7-13(12)16(18)14-10-11(2)8-9-15(14)17/h4-10,16,18H,3H2,1-2H3. The molecular formula is C16H17FO. The van der Waals surface area contributed by atoms with Crippen molar-refractivity contribution in [1.82, 2.24) is 0 Å². The quantitative estimate of drug-likeness (QED) is 0.871. The molecular weight excluding hydrogens is 227 g/mol. The van der Waals surface area contributed by atoms with E-state index in [1.807, 2.05) is 38.1 Å². The molecule has 0 aliphatic heterocycles. The summed E-state index contributed by atoms with van der Waals surface area (Å²) in [7, 11) is 0. The minimum absolute atomic E-state index is 0.343. The Bertz CT molecular complexity index is 549. The van der Waals surface area contributed by atoms with Gasteiger partial charge in [-0.25, -0.2) is 4.39 Å². The van der Waals surface area contributed by atoms with Crippen molar-refractivity contribution in [2.45, 2.75) is 26.4 Å². The third-order valence-corrected chi connectivity index (χ3v) is 3.18. The van der Waals surface area contributed by atoms with Crippen LogP contribution in [0.1, 0.15) is 35.3 Å². The largest absolute Gasteiger partial charge is 0.384 e. The zero-order valence-electron chi connectivity index (χ0n) is 10.7. The molecule has 2 rings (SSSR count). The van der Waals surface area contributed by atoms with Gasteiger partial charge in [-0.2, -0.15) is 0 Å². The van der Waals surface area contributed by atoms with Crippen LogP contribution >= 0.6 is 0 Å². The van der Waals surface area contributed by atoms with Crippen LogP contribution in [0.25, 0.3) is 0 Å². The van der Waals surface area contributed by atoms with Crippen LogP contribution in [0, 0.1) is 12.7 Å². The van der Waals surface area contributed by atoms with E-state index in [0.29, 0.717) is 5.56 Å². The Hall–Kier alpha value is -1.67. The van der Waals surface area contributed by atoms with Crippen molar-refractivity contribution in [3.05, 3.63) is 70.5 Å². The highest BCUT2D eigenvalue weighted by Crippen LogP contribution is 2.27. The van der Waals surface area contributed by atoms with E-state index in [0.717, 1.165) is 23.1 Å². The van der Waals surface area contributed by atoms with E-state index in [1.165, 1.54) is 6.07 Å². The fourth-order valence-corrected chi connectivity index (χ4v) is 2.16. The molecule has 1 unspecified atom stereocenters. The number of benzene rings is 2. The molecule has 1 N–H and O–H groups in total. The van der Waals surface area contributed by atoms with Crippen molar-refractivity contribution < 1.29 is 9.50 Å². The molecule has 0 saturated heterocycles. The summed E-state index contributed by atoms with van der Waals surface area (Å²) >= 11 is 0. The highest BCUT2D eigenvalue weighted by atomic mass is 19.1.